The zero-order valence-corrected chi connectivity index (χ0v) is 11.4. The number of hydrogen-bond donors (Lipinski definition) is 1. The summed E-state index contributed by atoms with van der Waals surface area (Å²) in [6.45, 7) is 3.95. The molecule has 3 rings (SSSR count). The molecule has 4 heteroatoms. The van der Waals surface area contributed by atoms with E-state index in [1.165, 1.54) is 12.0 Å². The van der Waals surface area contributed by atoms with Crippen LogP contribution in [0.15, 0.2) is 24.5 Å². The molecule has 0 amide bonds. The van der Waals surface area contributed by atoms with Crippen molar-refractivity contribution in [2.45, 2.75) is 43.9 Å². The molecule has 0 unspecified atom stereocenters. The van der Waals surface area contributed by atoms with Crippen molar-refractivity contribution in [3.63, 3.8) is 0 Å². The Hall–Kier alpha value is -0.970. The fourth-order valence-corrected chi connectivity index (χ4v) is 3.29. The van der Waals surface area contributed by atoms with Crippen molar-refractivity contribution < 1.29 is 4.74 Å². The van der Waals surface area contributed by atoms with Crippen LogP contribution in [-0.4, -0.2) is 41.2 Å². The number of aromatic nitrogens is 1. The molecule has 4 nitrogen and oxygen atoms in total. The first-order valence-corrected chi connectivity index (χ1v) is 7.29. The van der Waals surface area contributed by atoms with E-state index in [9.17, 15) is 0 Å². The van der Waals surface area contributed by atoms with Gasteiger partial charge in [0.25, 0.3) is 0 Å². The summed E-state index contributed by atoms with van der Waals surface area (Å²) >= 11 is 0. The predicted octanol–water partition coefficient (Wildman–Crippen LogP) is 1.55. The molecule has 0 aliphatic carbocycles. The molecule has 104 valence electrons. The summed E-state index contributed by atoms with van der Waals surface area (Å²) in [7, 11) is 0. The molecule has 19 heavy (non-hydrogen) atoms. The molecule has 1 spiro atoms. The summed E-state index contributed by atoms with van der Waals surface area (Å²) in [5.74, 6) is 0. The van der Waals surface area contributed by atoms with E-state index in [4.69, 9.17) is 10.5 Å². The number of pyridine rings is 1. The number of ether oxygens (including phenoxy) is 1. The highest BCUT2D eigenvalue weighted by Crippen LogP contribution is 2.38. The monoisotopic (exact) mass is 261 g/mol. The molecule has 0 bridgehead atoms. The van der Waals surface area contributed by atoms with Gasteiger partial charge in [0, 0.05) is 38.6 Å². The maximum atomic E-state index is 6.18. The van der Waals surface area contributed by atoms with Gasteiger partial charge in [-0.05, 0) is 43.4 Å². The van der Waals surface area contributed by atoms with E-state index in [0.717, 1.165) is 38.9 Å². The molecule has 2 N–H and O–H groups in total. The van der Waals surface area contributed by atoms with Crippen molar-refractivity contribution in [2.75, 3.05) is 19.6 Å². The first-order chi connectivity index (χ1) is 9.30. The highest BCUT2D eigenvalue weighted by atomic mass is 16.5. The molecular weight excluding hydrogens is 238 g/mol. The third kappa shape index (κ3) is 2.96. The van der Waals surface area contributed by atoms with Crippen LogP contribution in [0.3, 0.4) is 0 Å². The van der Waals surface area contributed by atoms with Crippen LogP contribution in [0, 0.1) is 0 Å². The summed E-state index contributed by atoms with van der Waals surface area (Å²) in [5, 5.41) is 0. The standard InChI is InChI=1S/C15H23N3O/c16-11-14-1-4-15(19-14)5-9-18(10-6-15)12-13-2-7-17-8-3-13/h2-3,7-8,14H,1,4-6,9-12,16H2/t14-/m0/s1. The number of nitrogens with zero attached hydrogens (tertiary/aromatic N) is 2. The minimum absolute atomic E-state index is 0.138. The number of piperidine rings is 1. The van der Waals surface area contributed by atoms with E-state index in [-0.39, 0.29) is 5.60 Å². The minimum atomic E-state index is 0.138. The number of likely N-dealkylation sites (tertiary alicyclic amines) is 1. The van der Waals surface area contributed by atoms with Gasteiger partial charge in [0.15, 0.2) is 0 Å². The molecule has 1 atom stereocenters. The quantitative estimate of drug-likeness (QED) is 0.897. The SMILES string of the molecule is NC[C@@H]1CCC2(CCN(Cc3ccncc3)CC2)O1. The minimum Gasteiger partial charge on any atom is -0.370 e. The second kappa shape index (κ2) is 5.57. The van der Waals surface area contributed by atoms with Crippen molar-refractivity contribution in [2.24, 2.45) is 5.73 Å². The first-order valence-electron chi connectivity index (χ1n) is 7.29. The molecule has 0 radical (unpaired) electrons. The lowest BCUT2D eigenvalue weighted by Crippen LogP contribution is -2.44. The van der Waals surface area contributed by atoms with E-state index in [0.29, 0.717) is 12.6 Å². The highest BCUT2D eigenvalue weighted by molar-refractivity contribution is 5.09. The Balaban J connectivity index is 1.53. The van der Waals surface area contributed by atoms with Gasteiger partial charge in [-0.15, -0.1) is 0 Å². The molecule has 0 saturated carbocycles. The van der Waals surface area contributed by atoms with Crippen LogP contribution < -0.4 is 5.73 Å². The van der Waals surface area contributed by atoms with E-state index in [2.05, 4.69) is 22.0 Å². The predicted molar refractivity (Wildman–Crippen MR) is 74.6 cm³/mol. The van der Waals surface area contributed by atoms with Gasteiger partial charge < -0.3 is 10.5 Å². The van der Waals surface area contributed by atoms with Crippen molar-refractivity contribution in [3.8, 4) is 0 Å². The van der Waals surface area contributed by atoms with Crippen LogP contribution in [0.4, 0.5) is 0 Å². The Bertz CT molecular complexity index is 401. The number of rotatable bonds is 3. The number of hydrogen-bond acceptors (Lipinski definition) is 4. The molecule has 3 heterocycles. The largest absolute Gasteiger partial charge is 0.370 e. The van der Waals surface area contributed by atoms with E-state index >= 15 is 0 Å². The second-order valence-electron chi connectivity index (χ2n) is 5.83. The third-order valence-corrected chi connectivity index (χ3v) is 4.52. The van der Waals surface area contributed by atoms with Crippen molar-refractivity contribution in [1.29, 1.82) is 0 Å². The van der Waals surface area contributed by atoms with E-state index < -0.39 is 0 Å². The lowest BCUT2D eigenvalue weighted by atomic mass is 9.88. The summed E-state index contributed by atoms with van der Waals surface area (Å²) in [6, 6.07) is 4.20. The summed E-state index contributed by atoms with van der Waals surface area (Å²) in [5.41, 5.74) is 7.20. The smallest absolute Gasteiger partial charge is 0.0712 e. The van der Waals surface area contributed by atoms with Crippen LogP contribution in [0.5, 0.6) is 0 Å². The van der Waals surface area contributed by atoms with Gasteiger partial charge in [-0.25, -0.2) is 0 Å². The molecule has 2 saturated heterocycles. The normalized spacial score (nSPS) is 26.9. The lowest BCUT2D eigenvalue weighted by Gasteiger charge is -2.39. The average Bonchev–Trinajstić information content (AvgIpc) is 2.86. The van der Waals surface area contributed by atoms with Gasteiger partial charge >= 0.3 is 0 Å². The molecule has 2 aliphatic heterocycles. The highest BCUT2D eigenvalue weighted by Gasteiger charge is 2.41. The van der Waals surface area contributed by atoms with Crippen LogP contribution in [0.25, 0.3) is 0 Å². The molecule has 0 aromatic carbocycles. The Kier molecular flexibility index (Phi) is 3.82. The Morgan fingerprint density at radius 1 is 1.26 bits per heavy atom. The molecule has 2 aliphatic rings. The third-order valence-electron chi connectivity index (χ3n) is 4.52. The van der Waals surface area contributed by atoms with Crippen LogP contribution in [-0.2, 0) is 11.3 Å². The van der Waals surface area contributed by atoms with Gasteiger partial charge in [0.2, 0.25) is 0 Å². The zero-order chi connectivity index (χ0) is 13.1. The second-order valence-corrected chi connectivity index (χ2v) is 5.83. The van der Waals surface area contributed by atoms with Gasteiger partial charge in [0.05, 0.1) is 11.7 Å². The lowest BCUT2D eigenvalue weighted by molar-refractivity contribution is -0.0749. The van der Waals surface area contributed by atoms with Crippen LogP contribution in [0.2, 0.25) is 0 Å². The van der Waals surface area contributed by atoms with Crippen molar-refractivity contribution in [1.82, 2.24) is 9.88 Å². The van der Waals surface area contributed by atoms with Crippen LogP contribution in [0.1, 0.15) is 31.2 Å². The Morgan fingerprint density at radius 2 is 2.00 bits per heavy atom. The van der Waals surface area contributed by atoms with Gasteiger partial charge in [-0.3, -0.25) is 9.88 Å². The van der Waals surface area contributed by atoms with Crippen molar-refractivity contribution >= 4 is 0 Å². The first kappa shape index (κ1) is 13.0. The molecule has 1 aromatic rings. The number of nitrogens with two attached hydrogens (primary N) is 1. The Labute approximate surface area is 115 Å². The van der Waals surface area contributed by atoms with E-state index in [1.807, 2.05) is 12.4 Å². The van der Waals surface area contributed by atoms with Crippen molar-refractivity contribution in [3.05, 3.63) is 30.1 Å². The van der Waals surface area contributed by atoms with E-state index in [1.54, 1.807) is 0 Å². The fourth-order valence-electron chi connectivity index (χ4n) is 3.29. The topological polar surface area (TPSA) is 51.4 Å². The molecule has 2 fully saturated rings. The molecule has 1 aromatic heterocycles. The van der Waals surface area contributed by atoms with Gasteiger partial charge in [0.1, 0.15) is 0 Å². The summed E-state index contributed by atoms with van der Waals surface area (Å²) < 4.78 is 6.18. The van der Waals surface area contributed by atoms with Gasteiger partial charge in [-0.1, -0.05) is 0 Å². The zero-order valence-electron chi connectivity index (χ0n) is 11.4. The average molecular weight is 261 g/mol. The maximum Gasteiger partial charge on any atom is 0.0712 e. The van der Waals surface area contributed by atoms with Gasteiger partial charge in [-0.2, -0.15) is 0 Å². The maximum absolute atomic E-state index is 6.18. The van der Waals surface area contributed by atoms with Crippen LogP contribution >= 0.6 is 0 Å². The summed E-state index contributed by atoms with van der Waals surface area (Å²) in [6.07, 6.45) is 8.66. The fraction of sp³-hybridized carbons (Fsp3) is 0.667. The summed E-state index contributed by atoms with van der Waals surface area (Å²) in [4.78, 5) is 6.58. The molecular formula is C15H23N3O. The Morgan fingerprint density at radius 3 is 2.63 bits per heavy atom.